The topological polar surface area (TPSA) is 126 Å². The summed E-state index contributed by atoms with van der Waals surface area (Å²) >= 11 is 12.0. The van der Waals surface area contributed by atoms with Crippen molar-refractivity contribution < 1.29 is 22.0 Å². The molecule has 0 spiro atoms. The van der Waals surface area contributed by atoms with Crippen molar-refractivity contribution >= 4 is 44.8 Å². The highest BCUT2D eigenvalue weighted by atomic mass is 35.5. The maximum absolute atomic E-state index is 15.1. The Labute approximate surface area is 259 Å². The first-order valence-electron chi connectivity index (χ1n) is 13.6. The number of rotatable bonds is 8. The van der Waals surface area contributed by atoms with E-state index in [0.717, 1.165) is 0 Å². The number of benzene rings is 2. The molecule has 2 aromatic carbocycles. The summed E-state index contributed by atoms with van der Waals surface area (Å²) in [6.07, 6.45) is 9.69. The van der Waals surface area contributed by atoms with Crippen molar-refractivity contribution in [2.75, 3.05) is 17.6 Å². The van der Waals surface area contributed by atoms with Gasteiger partial charge in [0.1, 0.15) is 11.6 Å². The molecule has 2 heterocycles. The van der Waals surface area contributed by atoms with E-state index in [2.05, 4.69) is 26.3 Å². The quantitative estimate of drug-likeness (QED) is 0.269. The van der Waals surface area contributed by atoms with E-state index in [1.165, 1.54) is 42.7 Å². The van der Waals surface area contributed by atoms with Crippen molar-refractivity contribution in [1.29, 1.82) is 0 Å². The van der Waals surface area contributed by atoms with Crippen LogP contribution in [0.2, 0.25) is 10.0 Å². The number of carbonyl (C=O) groups is 1. The van der Waals surface area contributed by atoms with E-state index in [-0.39, 0.29) is 47.5 Å². The van der Waals surface area contributed by atoms with E-state index >= 15 is 4.39 Å². The Bertz CT molecular complexity index is 1620. The van der Waals surface area contributed by atoms with Crippen LogP contribution in [0.3, 0.4) is 0 Å². The van der Waals surface area contributed by atoms with Crippen LogP contribution in [0.1, 0.15) is 41.9 Å². The number of pyridine rings is 1. The third-order valence-electron chi connectivity index (χ3n) is 7.23. The summed E-state index contributed by atoms with van der Waals surface area (Å²) in [6.45, 7) is 0.252. The van der Waals surface area contributed by atoms with E-state index in [1.807, 2.05) is 0 Å². The van der Waals surface area contributed by atoms with Crippen LogP contribution in [0.15, 0.2) is 54.9 Å². The van der Waals surface area contributed by atoms with Gasteiger partial charge in [-0.2, -0.15) is 0 Å². The molecule has 1 aromatic heterocycles. The fourth-order valence-electron chi connectivity index (χ4n) is 5.05. The number of anilines is 1. The molecule has 8 nitrogen and oxygen atoms in total. The first kappa shape index (κ1) is 32.8. The van der Waals surface area contributed by atoms with Gasteiger partial charge in [0.25, 0.3) is 0 Å². The fraction of sp³-hybridized carbons (Fsp3) is 0.333. The Morgan fingerprint density at radius 3 is 2.67 bits per heavy atom. The van der Waals surface area contributed by atoms with Crippen molar-refractivity contribution in [1.82, 2.24) is 15.0 Å². The lowest BCUT2D eigenvalue weighted by Gasteiger charge is -2.25. The third-order valence-corrected chi connectivity index (χ3v) is 9.27. The van der Waals surface area contributed by atoms with E-state index in [1.54, 1.807) is 12.1 Å². The zero-order valence-corrected chi connectivity index (χ0v) is 25.3. The predicted octanol–water partition coefficient (Wildman–Crippen LogP) is 4.37. The molecule has 0 saturated carbocycles. The molecular formula is C30H31Cl2F2N5O3S. The smallest absolute Gasteiger partial charge is 0.242 e. The summed E-state index contributed by atoms with van der Waals surface area (Å²) in [4.78, 5) is 17.6. The Morgan fingerprint density at radius 2 is 1.95 bits per heavy atom. The molecule has 228 valence electrons. The van der Waals surface area contributed by atoms with Crippen molar-refractivity contribution in [2.24, 2.45) is 5.73 Å². The Hall–Kier alpha value is -3.11. The SMILES string of the molecule is C#CC1CCCS(=O)(=O)NC(CCc2c(F)cccc2NC(=O)[C@@H](N)[C@H](c2cncc(Cl)c2)c2ccc(Cl)c(F)c2)CN1. The number of terminal acetylenes is 1. The molecule has 43 heavy (non-hydrogen) atoms. The maximum atomic E-state index is 15.1. The molecule has 4 atom stereocenters. The lowest BCUT2D eigenvalue weighted by Crippen LogP contribution is -2.44. The van der Waals surface area contributed by atoms with Gasteiger partial charge in [-0.05, 0) is 67.1 Å². The van der Waals surface area contributed by atoms with Gasteiger partial charge in [0.2, 0.25) is 15.9 Å². The number of hydrogen-bond donors (Lipinski definition) is 4. The monoisotopic (exact) mass is 649 g/mol. The van der Waals surface area contributed by atoms with Crippen LogP contribution in [0, 0.1) is 24.0 Å². The molecular weight excluding hydrogens is 619 g/mol. The second kappa shape index (κ2) is 14.6. The normalized spacial score (nSPS) is 20.1. The Kier molecular flexibility index (Phi) is 11.1. The van der Waals surface area contributed by atoms with Crippen LogP contribution in [-0.2, 0) is 21.2 Å². The van der Waals surface area contributed by atoms with E-state index in [9.17, 15) is 17.6 Å². The average molecular weight is 651 g/mol. The molecule has 1 saturated heterocycles. The van der Waals surface area contributed by atoms with E-state index < -0.39 is 45.6 Å². The molecule has 0 bridgehead atoms. The highest BCUT2D eigenvalue weighted by molar-refractivity contribution is 7.89. The van der Waals surface area contributed by atoms with Crippen LogP contribution in [0.4, 0.5) is 14.5 Å². The molecule has 1 aliphatic heterocycles. The number of amides is 1. The lowest BCUT2D eigenvalue weighted by molar-refractivity contribution is -0.117. The zero-order valence-electron chi connectivity index (χ0n) is 23.0. The van der Waals surface area contributed by atoms with Crippen LogP contribution < -0.4 is 21.1 Å². The van der Waals surface area contributed by atoms with Crippen LogP contribution in [0.25, 0.3) is 0 Å². The third kappa shape index (κ3) is 8.72. The lowest BCUT2D eigenvalue weighted by atomic mass is 9.85. The molecule has 1 fully saturated rings. The molecule has 0 radical (unpaired) electrons. The number of nitrogens with one attached hydrogen (secondary N) is 3. The van der Waals surface area contributed by atoms with Gasteiger partial charge < -0.3 is 16.4 Å². The van der Waals surface area contributed by atoms with Crippen LogP contribution in [-0.4, -0.2) is 49.7 Å². The van der Waals surface area contributed by atoms with Gasteiger partial charge in [-0.3, -0.25) is 9.78 Å². The highest BCUT2D eigenvalue weighted by Crippen LogP contribution is 2.32. The summed E-state index contributed by atoms with van der Waals surface area (Å²) in [7, 11) is -3.56. The molecule has 5 N–H and O–H groups in total. The van der Waals surface area contributed by atoms with Gasteiger partial charge >= 0.3 is 0 Å². The summed E-state index contributed by atoms with van der Waals surface area (Å²) in [5.74, 6) is -0.267. The first-order chi connectivity index (χ1) is 20.5. The number of carbonyl (C=O) groups excluding carboxylic acids is 1. The fourth-order valence-corrected chi connectivity index (χ4v) is 6.72. The van der Waals surface area contributed by atoms with E-state index in [4.69, 9.17) is 35.4 Å². The number of nitrogens with zero attached hydrogens (tertiary/aromatic N) is 1. The molecule has 13 heteroatoms. The van der Waals surface area contributed by atoms with Gasteiger partial charge in [-0.1, -0.05) is 41.3 Å². The standard InChI is InChI=1S/C30H31Cl2F2N5O3S/c1-2-21-5-4-12-43(41,42)39-22(17-37-21)9-10-23-25(33)6-3-7-27(23)38-30(40)29(35)28(19-13-20(31)16-36-15-19)18-8-11-24(32)26(34)14-18/h1,3,6-8,11,13-16,21-22,28-29,37,39H,4-5,9-10,12,17,35H2,(H,38,40)/t21?,22?,28-,29-/m0/s1. The number of hydrogen-bond acceptors (Lipinski definition) is 6. The first-order valence-corrected chi connectivity index (χ1v) is 16.0. The number of nitrogens with two attached hydrogens (primary N) is 1. The zero-order chi connectivity index (χ0) is 31.1. The molecule has 0 aliphatic carbocycles. The molecule has 2 unspecified atom stereocenters. The van der Waals surface area contributed by atoms with Crippen LogP contribution >= 0.6 is 23.2 Å². The molecule has 1 amide bonds. The highest BCUT2D eigenvalue weighted by Gasteiger charge is 2.30. The Morgan fingerprint density at radius 1 is 1.16 bits per heavy atom. The van der Waals surface area contributed by atoms with Gasteiger partial charge in [0.05, 0.1) is 27.9 Å². The second-order valence-electron chi connectivity index (χ2n) is 10.3. The maximum Gasteiger partial charge on any atom is 0.242 e. The minimum absolute atomic E-state index is 0.0664. The summed E-state index contributed by atoms with van der Waals surface area (Å²) in [5, 5.41) is 6.08. The predicted molar refractivity (Wildman–Crippen MR) is 164 cm³/mol. The summed E-state index contributed by atoms with van der Waals surface area (Å²) < 4.78 is 57.3. The van der Waals surface area contributed by atoms with Crippen LogP contribution in [0.5, 0.6) is 0 Å². The number of halogens is 4. The number of sulfonamides is 1. The average Bonchev–Trinajstić information content (AvgIpc) is 3.02. The second-order valence-corrected chi connectivity index (χ2v) is 13.0. The van der Waals surface area contributed by atoms with E-state index in [0.29, 0.717) is 29.0 Å². The summed E-state index contributed by atoms with van der Waals surface area (Å²) in [5.41, 5.74) is 7.63. The van der Waals surface area contributed by atoms with Gasteiger partial charge in [0, 0.05) is 42.1 Å². The Balaban J connectivity index is 1.57. The van der Waals surface area contributed by atoms with Gasteiger partial charge in [-0.15, -0.1) is 6.42 Å². The van der Waals surface area contributed by atoms with Crippen molar-refractivity contribution in [2.45, 2.75) is 49.7 Å². The molecule has 1 aliphatic rings. The summed E-state index contributed by atoms with van der Waals surface area (Å²) in [6, 6.07) is 7.77. The molecule has 4 rings (SSSR count). The minimum Gasteiger partial charge on any atom is -0.324 e. The van der Waals surface area contributed by atoms with Crippen molar-refractivity contribution in [3.8, 4) is 12.3 Å². The van der Waals surface area contributed by atoms with Crippen molar-refractivity contribution in [3.05, 3.63) is 93.2 Å². The number of aromatic nitrogens is 1. The van der Waals surface area contributed by atoms with Gasteiger partial charge in [-0.25, -0.2) is 21.9 Å². The largest absolute Gasteiger partial charge is 0.324 e. The van der Waals surface area contributed by atoms with Gasteiger partial charge in [0.15, 0.2) is 0 Å². The molecule has 3 aromatic rings. The van der Waals surface area contributed by atoms with Crippen molar-refractivity contribution in [3.63, 3.8) is 0 Å². The minimum atomic E-state index is -3.56.